The summed E-state index contributed by atoms with van der Waals surface area (Å²) < 4.78 is 11.4. The lowest BCUT2D eigenvalue weighted by Crippen LogP contribution is -2.32. The van der Waals surface area contributed by atoms with Gasteiger partial charge in [0.2, 0.25) is 11.8 Å². The van der Waals surface area contributed by atoms with Crippen molar-refractivity contribution < 1.29 is 23.9 Å². The molecule has 3 unspecified atom stereocenters. The van der Waals surface area contributed by atoms with Gasteiger partial charge in [0.25, 0.3) is 0 Å². The SMILES string of the molecule is CCOC(=O)c1ccc(N2C(=O)C3Sc4[nH]c(=O)sc4C(c4cc(Cl)ccc4OCc4ccccc4C)C3C2=O)cc1. The highest BCUT2D eigenvalue weighted by molar-refractivity contribution is 8.00. The zero-order valence-corrected chi connectivity index (χ0v) is 25.0. The molecule has 3 heterocycles. The highest BCUT2D eigenvalue weighted by Gasteiger charge is 2.56. The van der Waals surface area contributed by atoms with Gasteiger partial charge in [-0.25, -0.2) is 9.69 Å². The summed E-state index contributed by atoms with van der Waals surface area (Å²) in [5, 5.41) is 0.213. The van der Waals surface area contributed by atoms with Crippen molar-refractivity contribution in [2.45, 2.75) is 36.6 Å². The minimum Gasteiger partial charge on any atom is -0.489 e. The molecule has 4 aromatic rings. The second kappa shape index (κ2) is 11.4. The smallest absolute Gasteiger partial charge is 0.338 e. The van der Waals surface area contributed by atoms with Crippen molar-refractivity contribution in [1.82, 2.24) is 4.98 Å². The van der Waals surface area contributed by atoms with Crippen LogP contribution in [0.1, 0.15) is 44.8 Å². The van der Waals surface area contributed by atoms with Crippen LogP contribution in [-0.2, 0) is 20.9 Å². The van der Waals surface area contributed by atoms with Crippen LogP contribution in [-0.4, -0.2) is 34.6 Å². The Labute approximate surface area is 254 Å². The summed E-state index contributed by atoms with van der Waals surface area (Å²) in [5.41, 5.74) is 3.38. The summed E-state index contributed by atoms with van der Waals surface area (Å²) in [6.07, 6.45) is 0. The fourth-order valence-electron chi connectivity index (χ4n) is 5.39. The summed E-state index contributed by atoms with van der Waals surface area (Å²) in [4.78, 5) is 57.0. The number of thiazole rings is 1. The quantitative estimate of drug-likeness (QED) is 0.201. The Bertz CT molecular complexity index is 1770. The van der Waals surface area contributed by atoms with Gasteiger partial charge in [0.05, 0.1) is 28.8 Å². The average molecular weight is 621 g/mol. The third-order valence-electron chi connectivity index (χ3n) is 7.41. The number of fused-ring (bicyclic) bond motifs is 2. The van der Waals surface area contributed by atoms with Crippen molar-refractivity contribution in [2.24, 2.45) is 5.92 Å². The first-order chi connectivity index (χ1) is 20.3. The van der Waals surface area contributed by atoms with Gasteiger partial charge >= 0.3 is 10.8 Å². The molecule has 2 aliphatic heterocycles. The molecule has 3 aromatic carbocycles. The molecule has 6 rings (SSSR count). The van der Waals surface area contributed by atoms with Gasteiger partial charge in [-0.15, -0.1) is 0 Å². The summed E-state index contributed by atoms with van der Waals surface area (Å²) >= 11 is 8.69. The van der Waals surface area contributed by atoms with Crippen LogP contribution < -0.4 is 14.5 Å². The van der Waals surface area contributed by atoms with Gasteiger partial charge in [-0.1, -0.05) is 59.0 Å². The van der Waals surface area contributed by atoms with Crippen molar-refractivity contribution >= 4 is 58.2 Å². The summed E-state index contributed by atoms with van der Waals surface area (Å²) in [5.74, 6) is -2.23. The largest absolute Gasteiger partial charge is 0.489 e. The van der Waals surface area contributed by atoms with E-state index in [0.717, 1.165) is 27.4 Å². The number of ether oxygens (including phenoxy) is 2. The normalized spacial score (nSPS) is 19.4. The van der Waals surface area contributed by atoms with Gasteiger partial charge in [-0.05, 0) is 67.4 Å². The monoisotopic (exact) mass is 620 g/mol. The Hall–Kier alpha value is -3.86. The molecule has 1 saturated heterocycles. The van der Waals surface area contributed by atoms with Crippen LogP contribution in [0.4, 0.5) is 5.69 Å². The maximum absolute atomic E-state index is 14.1. The van der Waals surface area contributed by atoms with E-state index in [-0.39, 0.29) is 11.5 Å². The van der Waals surface area contributed by atoms with Crippen molar-refractivity contribution in [2.75, 3.05) is 11.5 Å². The Morgan fingerprint density at radius 3 is 2.52 bits per heavy atom. The first-order valence-corrected chi connectivity index (χ1v) is 15.4. The molecule has 0 bridgehead atoms. The van der Waals surface area contributed by atoms with Crippen LogP contribution in [0.5, 0.6) is 5.75 Å². The molecule has 42 heavy (non-hydrogen) atoms. The van der Waals surface area contributed by atoms with Crippen LogP contribution in [0.15, 0.2) is 76.6 Å². The molecule has 1 aromatic heterocycles. The third kappa shape index (κ3) is 5.04. The molecule has 3 atom stereocenters. The van der Waals surface area contributed by atoms with Crippen molar-refractivity contribution in [1.29, 1.82) is 0 Å². The summed E-state index contributed by atoms with van der Waals surface area (Å²) in [7, 11) is 0. The number of H-pyrrole nitrogens is 1. The Balaban J connectivity index is 1.40. The second-order valence-electron chi connectivity index (χ2n) is 9.93. The van der Waals surface area contributed by atoms with Crippen molar-refractivity contribution in [3.05, 3.63) is 109 Å². The predicted molar refractivity (Wildman–Crippen MR) is 162 cm³/mol. The fourth-order valence-corrected chi connectivity index (χ4v) is 8.08. The molecule has 0 spiro atoms. The van der Waals surface area contributed by atoms with E-state index in [0.29, 0.717) is 44.1 Å². The average Bonchev–Trinajstić information content (AvgIpc) is 3.47. The zero-order valence-electron chi connectivity index (χ0n) is 22.6. The van der Waals surface area contributed by atoms with Gasteiger partial charge in [-0.3, -0.25) is 14.4 Å². The molecule has 1 fully saturated rings. The minimum atomic E-state index is -0.814. The number of imide groups is 1. The molecular formula is C31H25ClN2O6S2. The van der Waals surface area contributed by atoms with E-state index < -0.39 is 34.9 Å². The van der Waals surface area contributed by atoms with Gasteiger partial charge in [0.15, 0.2) is 0 Å². The Morgan fingerprint density at radius 1 is 1.02 bits per heavy atom. The Morgan fingerprint density at radius 2 is 1.79 bits per heavy atom. The number of amides is 2. The number of hydrogen-bond donors (Lipinski definition) is 1. The third-order valence-corrected chi connectivity index (χ3v) is 10.0. The number of hydrogen-bond acceptors (Lipinski definition) is 8. The number of carbonyl (C=O) groups is 3. The topological polar surface area (TPSA) is 106 Å². The molecule has 1 N–H and O–H groups in total. The van der Waals surface area contributed by atoms with E-state index in [1.165, 1.54) is 23.9 Å². The number of esters is 1. The number of rotatable bonds is 7. The van der Waals surface area contributed by atoms with E-state index >= 15 is 0 Å². The number of thioether (sulfide) groups is 1. The first kappa shape index (κ1) is 28.3. The lowest BCUT2D eigenvalue weighted by atomic mass is 9.82. The molecule has 2 amide bonds. The minimum absolute atomic E-state index is 0.234. The number of benzene rings is 3. The fraction of sp³-hybridized carbons (Fsp3) is 0.226. The van der Waals surface area contributed by atoms with Gasteiger partial charge in [0, 0.05) is 21.4 Å². The van der Waals surface area contributed by atoms with Gasteiger partial charge in [-0.2, -0.15) is 0 Å². The molecule has 214 valence electrons. The number of aromatic amines is 1. The van der Waals surface area contributed by atoms with E-state index in [9.17, 15) is 19.2 Å². The lowest BCUT2D eigenvalue weighted by molar-refractivity contribution is -0.122. The molecule has 8 nitrogen and oxygen atoms in total. The van der Waals surface area contributed by atoms with E-state index in [2.05, 4.69) is 4.98 Å². The zero-order chi connectivity index (χ0) is 29.5. The number of anilines is 1. The van der Waals surface area contributed by atoms with E-state index in [1.54, 1.807) is 37.3 Å². The van der Waals surface area contributed by atoms with Gasteiger partial charge < -0.3 is 14.5 Å². The standard InChI is InChI=1S/C31H25ClN2O6S2/c1-3-39-30(37)17-8-11-20(12-9-17)34-28(35)24-23(25-27(33-31(38)42-25)41-26(24)29(34)36)21-14-19(32)10-13-22(21)40-15-18-7-5-4-6-16(18)2/h4-14,23-24,26H,3,15H2,1-2H3,(H,33,38). The van der Waals surface area contributed by atoms with Gasteiger partial charge in [0.1, 0.15) is 17.6 Å². The molecule has 2 aliphatic rings. The number of nitrogens with zero attached hydrogens (tertiary/aromatic N) is 1. The molecule has 0 radical (unpaired) electrons. The van der Waals surface area contributed by atoms with E-state index in [1.807, 2.05) is 31.2 Å². The summed E-state index contributed by atoms with van der Waals surface area (Å²) in [6, 6.07) is 19.3. The Kier molecular flexibility index (Phi) is 7.69. The molecular weight excluding hydrogens is 596 g/mol. The van der Waals surface area contributed by atoms with E-state index in [4.69, 9.17) is 21.1 Å². The second-order valence-corrected chi connectivity index (χ2v) is 12.5. The predicted octanol–water partition coefficient (Wildman–Crippen LogP) is 5.95. The maximum atomic E-state index is 14.1. The number of halogens is 1. The summed E-state index contributed by atoms with van der Waals surface area (Å²) in [6.45, 7) is 4.25. The maximum Gasteiger partial charge on any atom is 0.338 e. The highest BCUT2D eigenvalue weighted by Crippen LogP contribution is 2.54. The number of aromatic nitrogens is 1. The lowest BCUT2D eigenvalue weighted by Gasteiger charge is -2.31. The van der Waals surface area contributed by atoms with Crippen LogP contribution in [0.3, 0.4) is 0 Å². The number of nitrogens with one attached hydrogen (secondary N) is 1. The highest BCUT2D eigenvalue weighted by atomic mass is 35.5. The van der Waals surface area contributed by atoms with Crippen LogP contribution in [0, 0.1) is 12.8 Å². The molecule has 0 aliphatic carbocycles. The number of carbonyl (C=O) groups excluding carboxylic acids is 3. The van der Waals surface area contributed by atoms with Crippen molar-refractivity contribution in [3.8, 4) is 5.75 Å². The molecule has 0 saturated carbocycles. The van der Waals surface area contributed by atoms with Crippen LogP contribution in [0.25, 0.3) is 0 Å². The molecule has 11 heteroatoms. The first-order valence-electron chi connectivity index (χ1n) is 13.3. The van der Waals surface area contributed by atoms with Crippen LogP contribution in [0.2, 0.25) is 5.02 Å². The van der Waals surface area contributed by atoms with Crippen molar-refractivity contribution in [3.63, 3.8) is 0 Å². The van der Waals surface area contributed by atoms with Crippen LogP contribution >= 0.6 is 34.7 Å². The number of aryl methyl sites for hydroxylation is 1.